The predicted octanol–water partition coefficient (Wildman–Crippen LogP) is 0.483. The predicted molar refractivity (Wildman–Crippen MR) is 84.6 cm³/mol. The lowest BCUT2D eigenvalue weighted by molar-refractivity contribution is -0.137. The van der Waals surface area contributed by atoms with Crippen LogP contribution in [-0.2, 0) is 9.59 Å². The third kappa shape index (κ3) is 3.95. The van der Waals surface area contributed by atoms with Crippen molar-refractivity contribution >= 4 is 23.4 Å². The van der Waals surface area contributed by atoms with Gasteiger partial charge in [0.25, 0.3) is 17.7 Å². The van der Waals surface area contributed by atoms with Gasteiger partial charge in [0, 0.05) is 23.9 Å². The number of amides is 3. The van der Waals surface area contributed by atoms with Crippen LogP contribution < -0.4 is 10.6 Å². The Kier molecular flexibility index (Phi) is 5.48. The number of carbonyl (C=O) groups excluding carboxylic acids is 3. The van der Waals surface area contributed by atoms with E-state index in [9.17, 15) is 14.4 Å². The summed E-state index contributed by atoms with van der Waals surface area (Å²) < 4.78 is 0. The summed E-state index contributed by atoms with van der Waals surface area (Å²) in [6.45, 7) is 2.28. The number of benzene rings is 1. The Bertz CT molecular complexity index is 637. The molecule has 122 valence electrons. The molecule has 2 rings (SSSR count). The maximum absolute atomic E-state index is 12.0. The molecular formula is C16H19N3O4. The van der Waals surface area contributed by atoms with Gasteiger partial charge in [-0.05, 0) is 30.7 Å². The van der Waals surface area contributed by atoms with Gasteiger partial charge in [-0.2, -0.15) is 0 Å². The highest BCUT2D eigenvalue weighted by molar-refractivity contribution is 6.17. The average molecular weight is 317 g/mol. The Labute approximate surface area is 134 Å². The van der Waals surface area contributed by atoms with E-state index in [4.69, 9.17) is 5.11 Å². The van der Waals surface area contributed by atoms with Crippen LogP contribution in [0, 0.1) is 0 Å². The van der Waals surface area contributed by atoms with Crippen LogP contribution in [0.1, 0.15) is 23.7 Å². The minimum atomic E-state index is -0.478. The van der Waals surface area contributed by atoms with Crippen molar-refractivity contribution in [1.82, 2.24) is 10.2 Å². The Morgan fingerprint density at radius 2 is 1.91 bits per heavy atom. The van der Waals surface area contributed by atoms with Gasteiger partial charge in [-0.15, -0.1) is 0 Å². The first-order valence-corrected chi connectivity index (χ1v) is 7.40. The normalized spacial score (nSPS) is 14.0. The van der Waals surface area contributed by atoms with Gasteiger partial charge in [-0.1, -0.05) is 6.92 Å². The van der Waals surface area contributed by atoms with Crippen LogP contribution in [0.4, 0.5) is 5.69 Å². The number of β-amino-alcohol motifs (C(OH)–C–C–N with tert-alkyl or cyclic N) is 1. The molecule has 1 heterocycles. The van der Waals surface area contributed by atoms with Crippen molar-refractivity contribution in [2.24, 2.45) is 0 Å². The van der Waals surface area contributed by atoms with E-state index in [1.165, 1.54) is 6.08 Å². The molecule has 1 aliphatic heterocycles. The van der Waals surface area contributed by atoms with Gasteiger partial charge < -0.3 is 15.7 Å². The Morgan fingerprint density at radius 3 is 2.52 bits per heavy atom. The maximum Gasteiger partial charge on any atom is 0.277 e. The quantitative estimate of drug-likeness (QED) is 0.636. The number of rotatable bonds is 7. The molecule has 1 aromatic rings. The Balaban J connectivity index is 2.02. The van der Waals surface area contributed by atoms with E-state index in [2.05, 4.69) is 10.6 Å². The van der Waals surface area contributed by atoms with Crippen molar-refractivity contribution in [3.05, 3.63) is 41.6 Å². The Hall–Kier alpha value is -2.67. The zero-order chi connectivity index (χ0) is 16.8. The molecule has 3 amide bonds. The third-order valence-corrected chi connectivity index (χ3v) is 3.29. The molecule has 7 nitrogen and oxygen atoms in total. The first-order chi connectivity index (χ1) is 11.1. The van der Waals surface area contributed by atoms with Crippen molar-refractivity contribution in [3.8, 4) is 0 Å². The summed E-state index contributed by atoms with van der Waals surface area (Å²) in [5.41, 5.74) is 1.26. The molecule has 0 unspecified atom stereocenters. The fourth-order valence-corrected chi connectivity index (χ4v) is 2.11. The van der Waals surface area contributed by atoms with E-state index in [1.807, 2.05) is 6.92 Å². The van der Waals surface area contributed by atoms with Crippen LogP contribution in [0.25, 0.3) is 0 Å². The SMILES string of the molecule is CCCNC(=O)c1ccc(NC2=CC(=O)N(CCO)C2=O)cc1. The van der Waals surface area contributed by atoms with Gasteiger partial charge >= 0.3 is 0 Å². The molecule has 0 atom stereocenters. The molecule has 0 radical (unpaired) electrons. The van der Waals surface area contributed by atoms with Crippen LogP contribution in [0.3, 0.4) is 0 Å². The topological polar surface area (TPSA) is 98.7 Å². The van der Waals surface area contributed by atoms with Crippen molar-refractivity contribution in [2.45, 2.75) is 13.3 Å². The highest BCUT2D eigenvalue weighted by atomic mass is 16.3. The van der Waals surface area contributed by atoms with E-state index in [-0.39, 0.29) is 24.8 Å². The van der Waals surface area contributed by atoms with Gasteiger partial charge in [0.2, 0.25) is 0 Å². The average Bonchev–Trinajstić information content (AvgIpc) is 2.81. The van der Waals surface area contributed by atoms with Gasteiger partial charge in [0.1, 0.15) is 5.70 Å². The number of nitrogens with one attached hydrogen (secondary N) is 2. The molecule has 1 aliphatic rings. The first-order valence-electron chi connectivity index (χ1n) is 7.40. The molecule has 3 N–H and O–H groups in total. The fraction of sp³-hybridized carbons (Fsp3) is 0.312. The summed E-state index contributed by atoms with van der Waals surface area (Å²) in [5, 5.41) is 14.5. The van der Waals surface area contributed by atoms with Gasteiger partial charge in [-0.25, -0.2) is 0 Å². The summed E-state index contributed by atoms with van der Waals surface area (Å²) in [5.74, 6) is -1.09. The van der Waals surface area contributed by atoms with Crippen LogP contribution in [0.15, 0.2) is 36.0 Å². The lowest BCUT2D eigenvalue weighted by atomic mass is 10.2. The molecule has 0 aliphatic carbocycles. The number of anilines is 1. The zero-order valence-electron chi connectivity index (χ0n) is 12.8. The first kappa shape index (κ1) is 16.7. The monoisotopic (exact) mass is 317 g/mol. The number of aliphatic hydroxyl groups excluding tert-OH is 1. The van der Waals surface area contributed by atoms with Gasteiger partial charge in [-0.3, -0.25) is 19.3 Å². The van der Waals surface area contributed by atoms with Crippen molar-refractivity contribution in [1.29, 1.82) is 0 Å². The second-order valence-electron chi connectivity index (χ2n) is 5.03. The maximum atomic E-state index is 12.0. The molecule has 0 aromatic heterocycles. The van der Waals surface area contributed by atoms with E-state index in [1.54, 1.807) is 24.3 Å². The van der Waals surface area contributed by atoms with Crippen LogP contribution in [-0.4, -0.2) is 47.4 Å². The molecule has 0 spiro atoms. The number of nitrogens with zero attached hydrogens (tertiary/aromatic N) is 1. The third-order valence-electron chi connectivity index (χ3n) is 3.29. The molecule has 0 fully saturated rings. The summed E-state index contributed by atoms with van der Waals surface area (Å²) in [6.07, 6.45) is 2.06. The van der Waals surface area contributed by atoms with E-state index >= 15 is 0 Å². The fourth-order valence-electron chi connectivity index (χ4n) is 2.11. The number of hydrogen-bond donors (Lipinski definition) is 3. The largest absolute Gasteiger partial charge is 0.395 e. The lowest BCUT2D eigenvalue weighted by Crippen LogP contribution is -2.34. The van der Waals surface area contributed by atoms with E-state index < -0.39 is 11.8 Å². The van der Waals surface area contributed by atoms with Crippen LogP contribution in [0.2, 0.25) is 0 Å². The molecule has 0 saturated carbocycles. The zero-order valence-corrected chi connectivity index (χ0v) is 12.8. The summed E-state index contributed by atoms with van der Waals surface area (Å²) >= 11 is 0. The number of aliphatic hydroxyl groups is 1. The van der Waals surface area contributed by atoms with Gasteiger partial charge in [0.15, 0.2) is 0 Å². The Morgan fingerprint density at radius 1 is 1.22 bits per heavy atom. The van der Waals surface area contributed by atoms with Gasteiger partial charge in [0.05, 0.1) is 13.2 Å². The van der Waals surface area contributed by atoms with Crippen LogP contribution in [0.5, 0.6) is 0 Å². The molecule has 0 bridgehead atoms. The molecule has 1 aromatic carbocycles. The molecule has 7 heteroatoms. The number of imide groups is 1. The van der Waals surface area contributed by atoms with E-state index in [0.717, 1.165) is 11.3 Å². The van der Waals surface area contributed by atoms with Crippen molar-refractivity contribution < 1.29 is 19.5 Å². The number of carbonyl (C=O) groups is 3. The van der Waals surface area contributed by atoms with Crippen molar-refractivity contribution in [2.75, 3.05) is 25.0 Å². The smallest absolute Gasteiger partial charge is 0.277 e. The summed E-state index contributed by atoms with van der Waals surface area (Å²) in [7, 11) is 0. The van der Waals surface area contributed by atoms with Crippen molar-refractivity contribution in [3.63, 3.8) is 0 Å². The molecular weight excluding hydrogens is 298 g/mol. The second-order valence-corrected chi connectivity index (χ2v) is 5.03. The standard InChI is InChI=1S/C16H19N3O4/c1-2-7-17-15(22)11-3-5-12(6-4-11)18-13-10-14(21)19(8-9-20)16(13)23/h3-6,10,18,20H,2,7-9H2,1H3,(H,17,22). The highest BCUT2D eigenvalue weighted by Gasteiger charge is 2.30. The molecule has 23 heavy (non-hydrogen) atoms. The molecule has 0 saturated heterocycles. The van der Waals surface area contributed by atoms with Crippen LogP contribution >= 0.6 is 0 Å². The lowest BCUT2D eigenvalue weighted by Gasteiger charge is -2.13. The van der Waals surface area contributed by atoms with E-state index in [0.29, 0.717) is 17.8 Å². The minimum Gasteiger partial charge on any atom is -0.395 e. The highest BCUT2D eigenvalue weighted by Crippen LogP contribution is 2.17. The minimum absolute atomic E-state index is 0.0319. The summed E-state index contributed by atoms with van der Waals surface area (Å²) in [4.78, 5) is 36.4. The number of hydrogen-bond acceptors (Lipinski definition) is 5. The summed E-state index contributed by atoms with van der Waals surface area (Å²) in [6, 6.07) is 6.60. The second kappa shape index (κ2) is 7.55.